The Morgan fingerprint density at radius 1 is 1.33 bits per heavy atom. The van der Waals surface area contributed by atoms with Crippen LogP contribution in [0.3, 0.4) is 0 Å². The number of aldehydes is 1. The lowest BCUT2D eigenvalue weighted by Gasteiger charge is -1.96. The summed E-state index contributed by atoms with van der Waals surface area (Å²) >= 11 is 0. The van der Waals surface area contributed by atoms with E-state index in [9.17, 15) is 4.79 Å². The van der Waals surface area contributed by atoms with E-state index in [2.05, 4.69) is 4.98 Å². The number of anilines is 2. The summed E-state index contributed by atoms with van der Waals surface area (Å²) in [5.41, 5.74) is 11.3. The van der Waals surface area contributed by atoms with Gasteiger partial charge in [-0.2, -0.15) is 0 Å². The van der Waals surface area contributed by atoms with E-state index in [1.807, 2.05) is 13.8 Å². The SMILES string of the molecule is CC.Nc1ccc(C=O)nc1N. The van der Waals surface area contributed by atoms with Crippen molar-refractivity contribution in [1.82, 2.24) is 4.98 Å². The number of nitrogens with zero attached hydrogens (tertiary/aromatic N) is 1. The molecule has 0 bridgehead atoms. The molecule has 1 heterocycles. The Labute approximate surface area is 71.6 Å². The van der Waals surface area contributed by atoms with Crippen molar-refractivity contribution in [3.8, 4) is 0 Å². The first-order chi connectivity index (χ1) is 5.74. The fourth-order valence-corrected chi connectivity index (χ4v) is 0.567. The first kappa shape index (κ1) is 10.4. The Morgan fingerprint density at radius 2 is 1.92 bits per heavy atom. The van der Waals surface area contributed by atoms with E-state index in [0.29, 0.717) is 17.7 Å². The fraction of sp³-hybridized carbons (Fsp3) is 0.250. The van der Waals surface area contributed by atoms with E-state index < -0.39 is 0 Å². The van der Waals surface area contributed by atoms with Gasteiger partial charge < -0.3 is 11.5 Å². The van der Waals surface area contributed by atoms with Crippen molar-refractivity contribution in [2.24, 2.45) is 0 Å². The molecule has 0 aliphatic carbocycles. The Bertz CT molecular complexity index is 260. The van der Waals surface area contributed by atoms with Crippen LogP contribution < -0.4 is 11.5 Å². The molecule has 0 saturated carbocycles. The number of nitrogens with two attached hydrogens (primary N) is 2. The summed E-state index contributed by atoms with van der Waals surface area (Å²) in [4.78, 5) is 13.8. The second-order valence-electron chi connectivity index (χ2n) is 1.83. The van der Waals surface area contributed by atoms with Gasteiger partial charge in [0.25, 0.3) is 0 Å². The number of pyridine rings is 1. The minimum Gasteiger partial charge on any atom is -0.396 e. The summed E-state index contributed by atoms with van der Waals surface area (Å²) < 4.78 is 0. The zero-order chi connectivity index (χ0) is 9.56. The quantitative estimate of drug-likeness (QED) is 0.613. The molecule has 4 N–H and O–H groups in total. The van der Waals surface area contributed by atoms with E-state index in [1.54, 1.807) is 6.07 Å². The van der Waals surface area contributed by atoms with E-state index in [1.165, 1.54) is 6.07 Å². The molecule has 66 valence electrons. The van der Waals surface area contributed by atoms with Crippen molar-refractivity contribution in [3.63, 3.8) is 0 Å². The zero-order valence-electron chi connectivity index (χ0n) is 7.24. The molecule has 4 nitrogen and oxygen atoms in total. The van der Waals surface area contributed by atoms with Crippen LogP contribution in [-0.4, -0.2) is 11.3 Å². The van der Waals surface area contributed by atoms with Gasteiger partial charge in [0.15, 0.2) is 6.29 Å². The Balaban J connectivity index is 0.000000561. The van der Waals surface area contributed by atoms with Gasteiger partial charge in [-0.1, -0.05) is 13.8 Å². The number of aromatic nitrogens is 1. The maximum Gasteiger partial charge on any atom is 0.168 e. The monoisotopic (exact) mass is 167 g/mol. The summed E-state index contributed by atoms with van der Waals surface area (Å²) in [6.07, 6.45) is 0.621. The van der Waals surface area contributed by atoms with Crippen LogP contribution in [0, 0.1) is 0 Å². The molecule has 0 saturated heterocycles. The number of hydrogen-bond acceptors (Lipinski definition) is 4. The number of carbonyl (C=O) groups excluding carboxylic acids is 1. The molecule has 0 radical (unpaired) electrons. The third-order valence-electron chi connectivity index (χ3n) is 1.10. The van der Waals surface area contributed by atoms with Crippen LogP contribution in [-0.2, 0) is 0 Å². The number of nitrogen functional groups attached to an aromatic ring is 2. The van der Waals surface area contributed by atoms with Crippen LogP contribution in [0.25, 0.3) is 0 Å². The lowest BCUT2D eigenvalue weighted by molar-refractivity contribution is 0.111. The van der Waals surface area contributed by atoms with Gasteiger partial charge in [0.2, 0.25) is 0 Å². The topological polar surface area (TPSA) is 82.0 Å². The van der Waals surface area contributed by atoms with E-state index in [0.717, 1.165) is 0 Å². The molecule has 0 unspecified atom stereocenters. The highest BCUT2D eigenvalue weighted by Crippen LogP contribution is 2.09. The summed E-state index contributed by atoms with van der Waals surface area (Å²) in [5.74, 6) is 0.199. The number of rotatable bonds is 1. The highest BCUT2D eigenvalue weighted by atomic mass is 16.1. The molecule has 0 amide bonds. The molecule has 0 spiro atoms. The summed E-state index contributed by atoms with van der Waals surface area (Å²) in [5, 5.41) is 0. The largest absolute Gasteiger partial charge is 0.396 e. The Kier molecular flexibility index (Phi) is 4.45. The predicted octanol–water partition coefficient (Wildman–Crippen LogP) is 1.08. The average molecular weight is 167 g/mol. The third kappa shape index (κ3) is 2.57. The normalized spacial score (nSPS) is 8.17. The van der Waals surface area contributed by atoms with Gasteiger partial charge in [0.1, 0.15) is 11.5 Å². The molecule has 4 heteroatoms. The number of carbonyl (C=O) groups is 1. The highest BCUT2D eigenvalue weighted by Gasteiger charge is 1.95. The lowest BCUT2D eigenvalue weighted by atomic mass is 10.3. The van der Waals surface area contributed by atoms with Crippen molar-refractivity contribution in [2.45, 2.75) is 13.8 Å². The minimum atomic E-state index is 0.199. The first-order valence-electron chi connectivity index (χ1n) is 3.71. The van der Waals surface area contributed by atoms with Crippen LogP contribution in [0.1, 0.15) is 24.3 Å². The number of hydrogen-bond donors (Lipinski definition) is 2. The molecule has 1 aromatic heterocycles. The van der Waals surface area contributed by atoms with Crippen LogP contribution in [0.2, 0.25) is 0 Å². The van der Waals surface area contributed by atoms with Gasteiger partial charge in [-0.25, -0.2) is 4.98 Å². The molecule has 0 aromatic carbocycles. The fourth-order valence-electron chi connectivity index (χ4n) is 0.567. The second-order valence-corrected chi connectivity index (χ2v) is 1.83. The summed E-state index contributed by atoms with van der Waals surface area (Å²) in [7, 11) is 0. The van der Waals surface area contributed by atoms with Crippen molar-refractivity contribution >= 4 is 17.8 Å². The van der Waals surface area contributed by atoms with Crippen LogP contribution >= 0.6 is 0 Å². The van der Waals surface area contributed by atoms with E-state index in [4.69, 9.17) is 11.5 Å². The standard InChI is InChI=1S/C6H7N3O.C2H6/c7-5-2-1-4(3-10)9-6(5)8;1-2/h1-3H,7H2,(H2,8,9);1-2H3. The minimum absolute atomic E-state index is 0.199. The van der Waals surface area contributed by atoms with Gasteiger partial charge in [-0.05, 0) is 12.1 Å². The van der Waals surface area contributed by atoms with E-state index >= 15 is 0 Å². The van der Waals surface area contributed by atoms with Gasteiger partial charge in [0.05, 0.1) is 5.69 Å². The Morgan fingerprint density at radius 3 is 2.33 bits per heavy atom. The van der Waals surface area contributed by atoms with Gasteiger partial charge in [-0.15, -0.1) is 0 Å². The van der Waals surface area contributed by atoms with Gasteiger partial charge in [0, 0.05) is 0 Å². The predicted molar refractivity (Wildman–Crippen MR) is 49.8 cm³/mol. The molecular weight excluding hydrogens is 154 g/mol. The molecule has 0 atom stereocenters. The van der Waals surface area contributed by atoms with Crippen molar-refractivity contribution in [3.05, 3.63) is 17.8 Å². The molecule has 0 fully saturated rings. The van der Waals surface area contributed by atoms with Gasteiger partial charge >= 0.3 is 0 Å². The average Bonchev–Trinajstić information content (AvgIpc) is 2.13. The summed E-state index contributed by atoms with van der Waals surface area (Å²) in [6, 6.07) is 3.06. The zero-order valence-corrected chi connectivity index (χ0v) is 7.24. The highest BCUT2D eigenvalue weighted by molar-refractivity contribution is 5.74. The van der Waals surface area contributed by atoms with Gasteiger partial charge in [-0.3, -0.25) is 4.79 Å². The molecule has 1 aromatic rings. The molecule has 0 aliphatic rings. The molecular formula is C8H13N3O. The first-order valence-corrected chi connectivity index (χ1v) is 3.71. The molecule has 12 heavy (non-hydrogen) atoms. The second kappa shape index (κ2) is 5.12. The van der Waals surface area contributed by atoms with Crippen molar-refractivity contribution in [1.29, 1.82) is 0 Å². The molecule has 1 rings (SSSR count). The van der Waals surface area contributed by atoms with Crippen LogP contribution in [0.4, 0.5) is 11.5 Å². The lowest BCUT2D eigenvalue weighted by Crippen LogP contribution is -1.99. The summed E-state index contributed by atoms with van der Waals surface area (Å²) in [6.45, 7) is 4.00. The van der Waals surface area contributed by atoms with Crippen molar-refractivity contribution in [2.75, 3.05) is 11.5 Å². The maximum absolute atomic E-state index is 10.1. The molecule has 0 aliphatic heterocycles. The Hall–Kier alpha value is -1.58. The smallest absolute Gasteiger partial charge is 0.168 e. The maximum atomic E-state index is 10.1. The van der Waals surface area contributed by atoms with Crippen molar-refractivity contribution < 1.29 is 4.79 Å². The van der Waals surface area contributed by atoms with Crippen LogP contribution in [0.5, 0.6) is 0 Å². The van der Waals surface area contributed by atoms with Crippen LogP contribution in [0.15, 0.2) is 12.1 Å². The van der Waals surface area contributed by atoms with E-state index in [-0.39, 0.29) is 5.82 Å². The third-order valence-corrected chi connectivity index (χ3v) is 1.10.